The van der Waals surface area contributed by atoms with Gasteiger partial charge in [0.05, 0.1) is 20.8 Å². The monoisotopic (exact) mass is 318 g/mol. The van der Waals surface area contributed by atoms with E-state index < -0.39 is 15.7 Å². The summed E-state index contributed by atoms with van der Waals surface area (Å²) >= 11 is 0. The topological polar surface area (TPSA) is 35.5 Å². The summed E-state index contributed by atoms with van der Waals surface area (Å²) in [4.78, 5) is 0.942. The van der Waals surface area contributed by atoms with E-state index in [1.54, 1.807) is 0 Å². The van der Waals surface area contributed by atoms with Crippen molar-refractivity contribution in [3.8, 4) is 0 Å². The Morgan fingerprint density at radius 2 is 1.85 bits per heavy atom. The van der Waals surface area contributed by atoms with E-state index in [0.29, 0.717) is 6.61 Å². The minimum Gasteiger partial charge on any atom is -0.306 e. The van der Waals surface area contributed by atoms with Crippen LogP contribution in [0.3, 0.4) is 0 Å². The quantitative estimate of drug-likeness (QED) is 0.513. The molecule has 2 atom stereocenters. The molecule has 1 rings (SSSR count). The van der Waals surface area contributed by atoms with Gasteiger partial charge in [0.2, 0.25) is 0 Å². The molecule has 1 aliphatic rings. The molecule has 0 aromatic carbocycles. The number of hydrogen-bond donors (Lipinski definition) is 0. The van der Waals surface area contributed by atoms with Crippen LogP contribution in [0.1, 0.15) is 41.5 Å². The van der Waals surface area contributed by atoms with E-state index in [1.165, 1.54) is 0 Å². The van der Waals surface area contributed by atoms with Crippen molar-refractivity contribution in [3.05, 3.63) is 11.0 Å². The second-order valence-corrected chi connectivity index (χ2v) is 15.8. The van der Waals surface area contributed by atoms with Gasteiger partial charge in [-0.05, 0) is 12.3 Å². The molecule has 0 fully saturated rings. The average molecular weight is 318 g/mol. The third-order valence-electron chi connectivity index (χ3n) is 3.58. The molecule has 5 heteroatoms. The Morgan fingerprint density at radius 1 is 1.35 bits per heavy atom. The lowest BCUT2D eigenvalue weighted by Gasteiger charge is -2.47. The Morgan fingerprint density at radius 3 is 2.20 bits per heavy atom. The second-order valence-electron chi connectivity index (χ2n) is 8.37. The van der Waals surface area contributed by atoms with Crippen molar-refractivity contribution in [2.45, 2.75) is 67.3 Å². The zero-order valence-electron chi connectivity index (χ0n) is 14.5. The third kappa shape index (κ3) is 3.65. The molecule has 0 saturated carbocycles. The van der Waals surface area contributed by atoms with Crippen LogP contribution in [0.15, 0.2) is 11.0 Å². The van der Waals surface area contributed by atoms with Crippen molar-refractivity contribution in [1.82, 2.24) is 0 Å². The summed E-state index contributed by atoms with van der Waals surface area (Å²) in [6, 6.07) is 0. The molecular formula is C15H31O3PSi. The molecule has 3 nitrogen and oxygen atoms in total. The van der Waals surface area contributed by atoms with Gasteiger partial charge in [0.1, 0.15) is 0 Å². The van der Waals surface area contributed by atoms with Crippen molar-refractivity contribution in [1.29, 1.82) is 0 Å². The molecule has 2 unspecified atom stereocenters. The van der Waals surface area contributed by atoms with Gasteiger partial charge in [-0.25, -0.2) is 0 Å². The van der Waals surface area contributed by atoms with Crippen LogP contribution in [0.5, 0.6) is 0 Å². The van der Waals surface area contributed by atoms with Crippen LogP contribution in [0, 0.1) is 10.8 Å². The van der Waals surface area contributed by atoms with Crippen LogP contribution in [-0.2, 0) is 13.6 Å². The molecule has 0 spiro atoms. The van der Waals surface area contributed by atoms with Gasteiger partial charge in [0, 0.05) is 10.4 Å². The van der Waals surface area contributed by atoms with E-state index in [2.05, 4.69) is 60.3 Å². The normalized spacial score (nSPS) is 31.1. The predicted octanol–water partition coefficient (Wildman–Crippen LogP) is 5.45. The van der Waals surface area contributed by atoms with Crippen LogP contribution in [0.2, 0.25) is 19.6 Å². The zero-order chi connectivity index (χ0) is 16.0. The van der Waals surface area contributed by atoms with Crippen LogP contribution in [0.25, 0.3) is 0 Å². The molecular weight excluding hydrogens is 287 g/mol. The van der Waals surface area contributed by atoms with Crippen molar-refractivity contribution < 1.29 is 13.6 Å². The first kappa shape index (κ1) is 18.2. The molecule has 0 aliphatic carbocycles. The van der Waals surface area contributed by atoms with Gasteiger partial charge in [-0.15, -0.1) is 0 Å². The maximum Gasteiger partial charge on any atom is 0.353 e. The van der Waals surface area contributed by atoms with E-state index in [4.69, 9.17) is 9.05 Å². The second kappa shape index (κ2) is 5.39. The summed E-state index contributed by atoms with van der Waals surface area (Å²) in [5.41, 5.74) is -0.226. The lowest BCUT2D eigenvalue weighted by atomic mass is 9.73. The van der Waals surface area contributed by atoms with E-state index >= 15 is 0 Å². The standard InChI is InChI=1S/C15H31O3PSi/c1-10-17-19(16)12(20(7,8)9)11-15(5,6)13(18-19)14(2,3)4/h11,13H,10H2,1-9H3. The molecule has 1 heterocycles. The smallest absolute Gasteiger partial charge is 0.306 e. The number of rotatable bonds is 3. The molecule has 0 aromatic rings. The van der Waals surface area contributed by atoms with Crippen molar-refractivity contribution in [3.63, 3.8) is 0 Å². The average Bonchev–Trinajstić information content (AvgIpc) is 2.19. The van der Waals surface area contributed by atoms with Gasteiger partial charge in [0.15, 0.2) is 0 Å². The Labute approximate surface area is 125 Å². The molecule has 0 saturated heterocycles. The van der Waals surface area contributed by atoms with Gasteiger partial charge < -0.3 is 9.05 Å². The summed E-state index contributed by atoms with van der Waals surface area (Å²) in [5, 5.41) is 0. The summed E-state index contributed by atoms with van der Waals surface area (Å²) in [5.74, 6) is 0. The highest BCUT2D eigenvalue weighted by atomic mass is 31.2. The molecule has 1 aliphatic heterocycles. The first-order chi connectivity index (χ1) is 8.74. The fourth-order valence-corrected chi connectivity index (χ4v) is 9.46. The summed E-state index contributed by atoms with van der Waals surface area (Å²) < 4.78 is 25.0. The zero-order valence-corrected chi connectivity index (χ0v) is 16.4. The first-order valence-corrected chi connectivity index (χ1v) is 12.5. The van der Waals surface area contributed by atoms with Crippen molar-refractivity contribution in [2.75, 3.05) is 6.61 Å². The molecule has 0 amide bonds. The first-order valence-electron chi connectivity index (χ1n) is 7.41. The predicted molar refractivity (Wildman–Crippen MR) is 88.8 cm³/mol. The highest BCUT2D eigenvalue weighted by molar-refractivity contribution is 7.63. The van der Waals surface area contributed by atoms with Crippen LogP contribution in [0.4, 0.5) is 0 Å². The fraction of sp³-hybridized carbons (Fsp3) is 0.867. The summed E-state index contributed by atoms with van der Waals surface area (Å²) in [7, 11) is -4.91. The largest absolute Gasteiger partial charge is 0.353 e. The third-order valence-corrected chi connectivity index (χ3v) is 9.90. The Balaban J connectivity index is 3.43. The van der Waals surface area contributed by atoms with Crippen LogP contribution >= 0.6 is 7.60 Å². The van der Waals surface area contributed by atoms with Gasteiger partial charge >= 0.3 is 7.60 Å². The minimum absolute atomic E-state index is 0.0856. The highest BCUT2D eigenvalue weighted by Gasteiger charge is 2.51. The lowest BCUT2D eigenvalue weighted by Crippen LogP contribution is -2.45. The fourth-order valence-electron chi connectivity index (χ4n) is 3.01. The summed E-state index contributed by atoms with van der Waals surface area (Å²) in [6.07, 6.45) is 2.07. The Kier molecular flexibility index (Phi) is 4.89. The van der Waals surface area contributed by atoms with Crippen molar-refractivity contribution >= 4 is 15.7 Å². The maximum absolute atomic E-state index is 13.3. The molecule has 0 radical (unpaired) electrons. The molecule has 0 N–H and O–H groups in total. The van der Waals surface area contributed by atoms with Gasteiger partial charge in [-0.3, -0.25) is 4.57 Å². The van der Waals surface area contributed by atoms with E-state index in [0.717, 1.165) is 4.94 Å². The van der Waals surface area contributed by atoms with Gasteiger partial charge in [-0.1, -0.05) is 60.3 Å². The minimum atomic E-state index is -3.15. The van der Waals surface area contributed by atoms with E-state index in [9.17, 15) is 4.57 Å². The van der Waals surface area contributed by atoms with E-state index in [1.807, 2.05) is 6.92 Å². The molecule has 118 valence electrons. The molecule has 0 bridgehead atoms. The lowest BCUT2D eigenvalue weighted by molar-refractivity contribution is -0.00377. The maximum atomic E-state index is 13.3. The van der Waals surface area contributed by atoms with Crippen LogP contribution < -0.4 is 0 Å². The Hall–Kier alpha value is 0.107. The Bertz CT molecular complexity index is 441. The molecule has 20 heavy (non-hydrogen) atoms. The van der Waals surface area contributed by atoms with Crippen LogP contribution in [-0.4, -0.2) is 20.8 Å². The number of hydrogen-bond acceptors (Lipinski definition) is 3. The van der Waals surface area contributed by atoms with Gasteiger partial charge in [-0.2, -0.15) is 0 Å². The van der Waals surface area contributed by atoms with Gasteiger partial charge in [0.25, 0.3) is 0 Å². The van der Waals surface area contributed by atoms with Crippen molar-refractivity contribution in [2.24, 2.45) is 10.8 Å². The molecule has 0 aromatic heterocycles. The summed E-state index contributed by atoms with van der Waals surface area (Å²) in [6.45, 7) is 19.6. The van der Waals surface area contributed by atoms with E-state index in [-0.39, 0.29) is 16.9 Å². The highest BCUT2D eigenvalue weighted by Crippen LogP contribution is 2.66. The SMILES string of the molecule is CCOP1(=O)OC(C(C)(C)C)C(C)(C)C=C1[Si](C)(C)C.